The van der Waals surface area contributed by atoms with E-state index in [1.54, 1.807) is 97.9 Å². The van der Waals surface area contributed by atoms with Gasteiger partial charge in [0.15, 0.2) is 30.9 Å². The largest absolute Gasteiger partial charge is 0.304 e. The smallest absolute Gasteiger partial charge is 0.272 e. The van der Waals surface area contributed by atoms with Crippen LogP contribution in [0.1, 0.15) is 226 Å². The molecule has 2 N–H and O–H groups in total. The molecule has 12 aromatic rings. The van der Waals surface area contributed by atoms with Crippen LogP contribution in [0.2, 0.25) is 0 Å². The third-order valence-corrected chi connectivity index (χ3v) is 31.3. The molecule has 740 valence electrons. The summed E-state index contributed by atoms with van der Waals surface area (Å²) < 4.78 is 24.5. The number of aromatic nitrogens is 19. The van der Waals surface area contributed by atoms with E-state index in [4.69, 9.17) is 17.2 Å². The summed E-state index contributed by atoms with van der Waals surface area (Å²) in [6, 6.07) is 28.9. The maximum Gasteiger partial charge on any atom is 0.272 e. The zero-order chi connectivity index (χ0) is 105. The Labute approximate surface area is 862 Å². The Hall–Kier alpha value is -13.4. The molecule has 0 unspecified atom stereocenters. The molecule has 12 aromatic heterocycles. The van der Waals surface area contributed by atoms with Crippen LogP contribution in [-0.4, -0.2) is 127 Å². The highest BCUT2D eigenvalue weighted by molar-refractivity contribution is 8.00. The van der Waals surface area contributed by atoms with Gasteiger partial charge in [0.1, 0.15) is 92.4 Å². The molecule has 6 aliphatic heterocycles. The number of nitrogens with zero attached hydrogens (tertiary/aromatic N) is 25. The summed E-state index contributed by atoms with van der Waals surface area (Å²) in [5.41, 5.74) is 9.37. The Balaban J connectivity index is 0.000000145. The van der Waals surface area contributed by atoms with Crippen LogP contribution in [0.25, 0.3) is 67.5 Å². The predicted molar refractivity (Wildman–Crippen MR) is 561 cm³/mol. The second-order valence-corrected chi connectivity index (χ2v) is 47.8. The van der Waals surface area contributed by atoms with Crippen molar-refractivity contribution in [1.29, 1.82) is 42.4 Å². The highest BCUT2D eigenvalue weighted by atomic mass is 32.2. The van der Waals surface area contributed by atoms with Crippen molar-refractivity contribution in [2.45, 2.75) is 261 Å². The normalized spacial score (nSPS) is 16.1. The summed E-state index contributed by atoms with van der Waals surface area (Å²) in [5.74, 6) is 10.3. The summed E-state index contributed by atoms with van der Waals surface area (Å²) in [5, 5.41) is 77.9. The SMILES string of the molecule is C#CC(C)(C)c1ccc(-c2nc3n(c(=O)c2C#N)CCCS3)cn1.CC(C)(C)c1ncc(-c2nc3n(c(=O)c2C#N)CCCS3)cc1F.C[C@@H]1CSc2nc(-c3ccc(C(C)(C)C)nc3)c(C#N)c(=N)n2C1.C[C@@H]1CSc2nc(-c3ccc(C(C)(C)C)nc3)c(C#N)c(=O)n2C1.C[C@H]1CSc2nc(-c3ccc(C(C)(C)C)nc3)c(C#N)c(=N)n2C1.C[C@H]1CSc2nc(-c3cnc(C(C)(C)C)nc3)c(C#N)c(=O)n2C1. The predicted octanol–water partition coefficient (Wildman–Crippen LogP) is 18.2. The maximum atomic E-state index is 14.4. The summed E-state index contributed by atoms with van der Waals surface area (Å²) >= 11 is 9.42. The van der Waals surface area contributed by atoms with Gasteiger partial charge in [0.2, 0.25) is 0 Å². The molecule has 0 aromatic carbocycles. The van der Waals surface area contributed by atoms with Crippen LogP contribution in [0.3, 0.4) is 0 Å². The number of pyridine rings is 5. The van der Waals surface area contributed by atoms with E-state index in [0.717, 1.165) is 105 Å². The number of nitrogens with one attached hydrogen (secondary N) is 2. The van der Waals surface area contributed by atoms with E-state index in [0.29, 0.717) is 144 Å². The molecule has 144 heavy (non-hydrogen) atoms. The number of fused-ring (bicyclic) bond motifs is 6. The van der Waals surface area contributed by atoms with Crippen molar-refractivity contribution in [3.8, 4) is 116 Å². The third kappa shape index (κ3) is 24.1. The molecule has 0 amide bonds. The Kier molecular flexibility index (Phi) is 33.3. The molecule has 0 saturated heterocycles. The number of thioether (sulfide) groups is 6. The molecule has 18 rings (SSSR count). The van der Waals surface area contributed by atoms with E-state index in [2.05, 4.69) is 173 Å². The first-order chi connectivity index (χ1) is 68.0. The zero-order valence-electron chi connectivity index (χ0n) is 84.7. The first kappa shape index (κ1) is 108. The molecule has 18 heterocycles. The third-order valence-electron chi connectivity index (χ3n) is 23.9. The maximum absolute atomic E-state index is 14.4. The van der Waals surface area contributed by atoms with E-state index >= 15 is 0 Å². The molecule has 38 heteroatoms. The molecule has 0 spiro atoms. The number of terminal acetylenes is 1. The highest BCUT2D eigenvalue weighted by Crippen LogP contribution is 2.39. The van der Waals surface area contributed by atoms with Crippen molar-refractivity contribution in [3.63, 3.8) is 0 Å². The molecular weight excluding hydrogens is 1930 g/mol. The van der Waals surface area contributed by atoms with Crippen LogP contribution in [0, 0.1) is 121 Å². The molecule has 31 nitrogen and oxygen atoms in total. The minimum atomic E-state index is -0.477. The lowest BCUT2D eigenvalue weighted by molar-refractivity contribution is 0.452. The molecule has 0 bridgehead atoms. The molecule has 4 atom stereocenters. The molecule has 0 radical (unpaired) electrons. The van der Waals surface area contributed by atoms with Gasteiger partial charge in [-0.25, -0.2) is 44.3 Å². The standard InChI is InChI=1S/2C18H21N5S.C18H20N4OS.C18H16N4OS.C17H17FN4OS.C17H19N5OS/c2*1-11-9-23-16(20)13(7-19)15(22-17(23)24-10-11)12-5-6-14(21-8-12)18(2,3)4;1-11-9-22-16(23)13(7-19)15(21-17(22)24-10-11)12-5-6-14(20-8-12)18(2,3)4;1-4-18(2,3)14-7-6-12(11-20-14)15-13(10-19)16(23)22-8-5-9-24-17(22)21-15;1-17(2,3)14-12(18)7-10(9-20-14)13-11(8-19)15(23)22-5-4-6-24-16(22)21-13;1-10-8-22-14(23)12(5-18)13(21-16(22)24-9-10)11-6-19-15(20-7-11)17(2,3)4/h2*5-6,8,11,20H,9-10H2,1-4H3;5-6,8,11H,9-10H2,1-4H3;1,6-7,11H,5,8-9H2,2-3H3;7,9H,4-6H2,1-3H3;6-7,10H,8-9H2,1-4H3/t3*11-;;;10-/m100..1/s1. The number of hydrogen-bond donors (Lipinski definition) is 2. The lowest BCUT2D eigenvalue weighted by Crippen LogP contribution is -2.32. The van der Waals surface area contributed by atoms with Crippen LogP contribution < -0.4 is 33.2 Å². The van der Waals surface area contributed by atoms with Gasteiger partial charge in [-0.1, -0.05) is 208 Å². The Morgan fingerprint density at radius 2 is 0.611 bits per heavy atom. The average molecular weight is 2040 g/mol. The first-order valence-electron chi connectivity index (χ1n) is 47.0. The summed E-state index contributed by atoms with van der Waals surface area (Å²) in [6.07, 6.45) is 18.9. The van der Waals surface area contributed by atoms with E-state index in [9.17, 15) is 55.1 Å². The summed E-state index contributed by atoms with van der Waals surface area (Å²) in [4.78, 5) is 109. The van der Waals surface area contributed by atoms with Crippen molar-refractivity contribution in [2.24, 2.45) is 23.7 Å². The fraction of sp³-hybridized carbons (Fsp3) is 0.425. The van der Waals surface area contributed by atoms with Crippen LogP contribution in [0.4, 0.5) is 4.39 Å². The molecule has 0 aliphatic carbocycles. The van der Waals surface area contributed by atoms with Gasteiger partial charge in [-0.15, -0.1) is 6.42 Å². The van der Waals surface area contributed by atoms with Gasteiger partial charge in [-0.05, 0) is 105 Å². The van der Waals surface area contributed by atoms with Crippen molar-refractivity contribution < 1.29 is 4.39 Å². The van der Waals surface area contributed by atoms with Gasteiger partial charge in [0, 0.05) is 195 Å². The quantitative estimate of drug-likeness (QED) is 0.110. The highest BCUT2D eigenvalue weighted by Gasteiger charge is 2.33. The number of hydrogen-bond acceptors (Lipinski definition) is 31. The Morgan fingerprint density at radius 1 is 0.340 bits per heavy atom. The molecule has 0 fully saturated rings. The zero-order valence-corrected chi connectivity index (χ0v) is 89.6. The molecule has 6 aliphatic rings. The van der Waals surface area contributed by atoms with Crippen LogP contribution in [0.15, 0.2) is 148 Å². The lowest BCUT2D eigenvalue weighted by atomic mass is 9.89. The Bertz CT molecular complexity index is 7070. The fourth-order valence-electron chi connectivity index (χ4n) is 15.8. The minimum Gasteiger partial charge on any atom is -0.304 e. The second-order valence-electron chi connectivity index (χ2n) is 41.7. The number of rotatable bonds is 7. The first-order valence-corrected chi connectivity index (χ1v) is 53.0. The van der Waals surface area contributed by atoms with E-state index < -0.39 is 16.6 Å². The second kappa shape index (κ2) is 44.5. The van der Waals surface area contributed by atoms with Crippen LogP contribution in [0.5, 0.6) is 0 Å². The van der Waals surface area contributed by atoms with Crippen LogP contribution >= 0.6 is 70.6 Å². The van der Waals surface area contributed by atoms with Gasteiger partial charge in [-0.2, -0.15) is 31.6 Å². The van der Waals surface area contributed by atoms with Gasteiger partial charge in [0.25, 0.3) is 22.2 Å². The average Bonchev–Trinajstić information content (AvgIpc) is 0.792. The van der Waals surface area contributed by atoms with E-state index in [1.807, 2.05) is 137 Å². The van der Waals surface area contributed by atoms with E-state index in [1.165, 1.54) is 40.4 Å². The van der Waals surface area contributed by atoms with Crippen molar-refractivity contribution in [2.75, 3.05) is 34.5 Å². The monoisotopic (exact) mass is 2040 g/mol. The summed E-state index contributed by atoms with van der Waals surface area (Å²) in [7, 11) is 0. The molecular formula is C106H114FN27O4S6. The van der Waals surface area contributed by atoms with Gasteiger partial charge in [0.05, 0.1) is 51.0 Å². The van der Waals surface area contributed by atoms with Gasteiger partial charge in [-0.3, -0.25) is 73.2 Å². The minimum absolute atomic E-state index is 0.0255. The van der Waals surface area contributed by atoms with Crippen molar-refractivity contribution in [3.05, 3.63) is 224 Å². The van der Waals surface area contributed by atoms with E-state index in [-0.39, 0.29) is 82.8 Å². The van der Waals surface area contributed by atoms with Crippen LogP contribution in [-0.2, 0) is 71.8 Å². The fourth-order valence-corrected chi connectivity index (χ4v) is 21.7. The van der Waals surface area contributed by atoms with Gasteiger partial charge >= 0.3 is 0 Å². The van der Waals surface area contributed by atoms with Crippen molar-refractivity contribution >= 4 is 70.6 Å². The summed E-state index contributed by atoms with van der Waals surface area (Å²) in [6.45, 7) is 46.8. The topological polar surface area (TPSA) is 456 Å². The van der Waals surface area contributed by atoms with Gasteiger partial charge < -0.3 is 9.13 Å². The lowest BCUT2D eigenvalue weighted by Gasteiger charge is -2.24. The number of halogens is 1. The Morgan fingerprint density at radius 3 is 0.896 bits per heavy atom. The number of nitriles is 6. The van der Waals surface area contributed by atoms with Crippen molar-refractivity contribution in [1.82, 2.24) is 92.2 Å². The molecule has 0 saturated carbocycles.